The molecule has 0 bridgehead atoms. The largest absolute Gasteiger partial charge is 0.385 e. The molecule has 2 rings (SSSR count). The maximum absolute atomic E-state index is 11.5. The Bertz CT molecular complexity index is 660. The SMILES string of the molecule is COCCCNC(=NCc1ccc([N+](=O)[O-])cc1)N1CCN(C(C)=O)CC1.I. The van der Waals surface area contributed by atoms with Crippen molar-refractivity contribution in [1.29, 1.82) is 0 Å². The lowest BCUT2D eigenvalue weighted by atomic mass is 10.2. The first-order chi connectivity index (χ1) is 13.0. The van der Waals surface area contributed by atoms with Crippen LogP contribution >= 0.6 is 24.0 Å². The molecule has 1 aromatic rings. The van der Waals surface area contributed by atoms with Crippen LogP contribution in [0.3, 0.4) is 0 Å². The van der Waals surface area contributed by atoms with Crippen LogP contribution < -0.4 is 5.32 Å². The van der Waals surface area contributed by atoms with Crippen LogP contribution in [-0.4, -0.2) is 73.0 Å². The Balaban J connectivity index is 0.00000392. The van der Waals surface area contributed by atoms with Crippen LogP contribution in [0.2, 0.25) is 0 Å². The molecule has 9 nitrogen and oxygen atoms in total. The number of nitrogens with one attached hydrogen (secondary N) is 1. The predicted octanol–water partition coefficient (Wildman–Crippen LogP) is 1.86. The van der Waals surface area contributed by atoms with Crippen molar-refractivity contribution in [2.75, 3.05) is 46.4 Å². The molecular formula is C18H28IN5O4. The highest BCUT2D eigenvalue weighted by Crippen LogP contribution is 2.13. The second-order valence-corrected chi connectivity index (χ2v) is 6.33. The highest BCUT2D eigenvalue weighted by Gasteiger charge is 2.21. The zero-order valence-corrected chi connectivity index (χ0v) is 18.6. The van der Waals surface area contributed by atoms with Gasteiger partial charge in [-0.1, -0.05) is 12.1 Å². The fourth-order valence-corrected chi connectivity index (χ4v) is 2.81. The van der Waals surface area contributed by atoms with Crippen LogP contribution in [-0.2, 0) is 16.1 Å². The normalized spacial score (nSPS) is 14.4. The minimum Gasteiger partial charge on any atom is -0.385 e. The summed E-state index contributed by atoms with van der Waals surface area (Å²) in [5.41, 5.74) is 0.972. The molecule has 1 amide bonds. The van der Waals surface area contributed by atoms with Crippen molar-refractivity contribution >= 4 is 41.5 Å². The van der Waals surface area contributed by atoms with Gasteiger partial charge in [0, 0.05) is 65.5 Å². The summed E-state index contributed by atoms with van der Waals surface area (Å²) < 4.78 is 5.08. The van der Waals surface area contributed by atoms with E-state index in [1.54, 1.807) is 26.2 Å². The van der Waals surface area contributed by atoms with Crippen LogP contribution in [0, 0.1) is 10.1 Å². The van der Waals surface area contributed by atoms with Gasteiger partial charge in [0.2, 0.25) is 5.91 Å². The van der Waals surface area contributed by atoms with E-state index in [2.05, 4.69) is 15.2 Å². The maximum atomic E-state index is 11.5. The van der Waals surface area contributed by atoms with Crippen molar-refractivity contribution in [1.82, 2.24) is 15.1 Å². The molecule has 0 unspecified atom stereocenters. The van der Waals surface area contributed by atoms with Gasteiger partial charge in [0.25, 0.3) is 5.69 Å². The first-order valence-corrected chi connectivity index (χ1v) is 9.02. The number of amides is 1. The van der Waals surface area contributed by atoms with E-state index in [0.29, 0.717) is 26.2 Å². The molecule has 0 saturated carbocycles. The molecule has 10 heteroatoms. The molecule has 0 aliphatic carbocycles. The Morgan fingerprint density at radius 3 is 2.36 bits per heavy atom. The molecule has 28 heavy (non-hydrogen) atoms. The number of piperazine rings is 1. The standard InChI is InChI=1S/C18H27N5O4.HI/c1-15(24)21-9-11-22(12-10-21)18(19-8-3-13-27-2)20-14-16-4-6-17(7-5-16)23(25)26;/h4-7H,3,8-14H2,1-2H3,(H,19,20);1H. The lowest BCUT2D eigenvalue weighted by molar-refractivity contribution is -0.384. The molecule has 0 radical (unpaired) electrons. The lowest BCUT2D eigenvalue weighted by Crippen LogP contribution is -2.53. The molecule has 1 N–H and O–H groups in total. The number of nitrogens with zero attached hydrogens (tertiary/aromatic N) is 4. The molecule has 1 saturated heterocycles. The minimum absolute atomic E-state index is 0. The summed E-state index contributed by atoms with van der Waals surface area (Å²) in [7, 11) is 1.67. The van der Waals surface area contributed by atoms with E-state index < -0.39 is 4.92 Å². The Kier molecular flexibility index (Phi) is 10.8. The molecule has 1 aromatic carbocycles. The number of benzene rings is 1. The number of guanidine groups is 1. The summed E-state index contributed by atoms with van der Waals surface area (Å²) in [5.74, 6) is 0.875. The van der Waals surface area contributed by atoms with E-state index in [-0.39, 0.29) is 35.6 Å². The van der Waals surface area contributed by atoms with Crippen molar-refractivity contribution in [3.8, 4) is 0 Å². The van der Waals surface area contributed by atoms with Gasteiger partial charge in [0.15, 0.2) is 5.96 Å². The van der Waals surface area contributed by atoms with Gasteiger partial charge in [-0.05, 0) is 12.0 Å². The fraction of sp³-hybridized carbons (Fsp3) is 0.556. The molecule has 1 heterocycles. The number of carbonyl (C=O) groups is 1. The fourth-order valence-electron chi connectivity index (χ4n) is 2.81. The third-order valence-corrected chi connectivity index (χ3v) is 4.39. The summed E-state index contributed by atoms with van der Waals surface area (Å²) >= 11 is 0. The second kappa shape index (κ2) is 12.5. The van der Waals surface area contributed by atoms with E-state index in [0.717, 1.165) is 37.6 Å². The number of hydrogen-bond acceptors (Lipinski definition) is 5. The molecule has 0 spiro atoms. The van der Waals surface area contributed by atoms with Crippen molar-refractivity contribution in [2.24, 2.45) is 4.99 Å². The van der Waals surface area contributed by atoms with Crippen molar-refractivity contribution in [3.63, 3.8) is 0 Å². The van der Waals surface area contributed by atoms with Gasteiger partial charge < -0.3 is 19.9 Å². The van der Waals surface area contributed by atoms with Crippen LogP contribution in [0.5, 0.6) is 0 Å². The molecule has 1 aliphatic heterocycles. The Labute approximate surface area is 182 Å². The highest BCUT2D eigenvalue weighted by atomic mass is 127. The van der Waals surface area contributed by atoms with Crippen molar-refractivity contribution in [2.45, 2.75) is 19.9 Å². The molecule has 1 aliphatic rings. The third kappa shape index (κ3) is 7.58. The zero-order valence-electron chi connectivity index (χ0n) is 16.3. The van der Waals surface area contributed by atoms with Gasteiger partial charge in [0.05, 0.1) is 11.5 Å². The van der Waals surface area contributed by atoms with E-state index in [1.165, 1.54) is 12.1 Å². The number of rotatable bonds is 7. The molecule has 1 fully saturated rings. The molecule has 0 atom stereocenters. The van der Waals surface area contributed by atoms with Gasteiger partial charge in [-0.15, -0.1) is 24.0 Å². The van der Waals surface area contributed by atoms with Crippen LogP contribution in [0.25, 0.3) is 0 Å². The molecule has 0 aromatic heterocycles. The van der Waals surface area contributed by atoms with E-state index in [4.69, 9.17) is 4.74 Å². The van der Waals surface area contributed by atoms with E-state index >= 15 is 0 Å². The van der Waals surface area contributed by atoms with Gasteiger partial charge in [-0.3, -0.25) is 14.9 Å². The minimum atomic E-state index is -0.412. The van der Waals surface area contributed by atoms with Gasteiger partial charge in [-0.25, -0.2) is 4.99 Å². The van der Waals surface area contributed by atoms with E-state index in [1.807, 2.05) is 4.90 Å². The third-order valence-electron chi connectivity index (χ3n) is 4.39. The topological polar surface area (TPSA) is 100 Å². The highest BCUT2D eigenvalue weighted by molar-refractivity contribution is 14.0. The number of halogens is 1. The smallest absolute Gasteiger partial charge is 0.269 e. The maximum Gasteiger partial charge on any atom is 0.269 e. The Hall–Kier alpha value is -1.95. The van der Waals surface area contributed by atoms with Gasteiger partial charge in [-0.2, -0.15) is 0 Å². The first-order valence-electron chi connectivity index (χ1n) is 9.02. The quantitative estimate of drug-likeness (QED) is 0.152. The zero-order chi connectivity index (χ0) is 19.6. The van der Waals surface area contributed by atoms with Gasteiger partial charge >= 0.3 is 0 Å². The van der Waals surface area contributed by atoms with Crippen LogP contribution in [0.1, 0.15) is 18.9 Å². The number of non-ortho nitro benzene ring substituents is 1. The molecular weight excluding hydrogens is 477 g/mol. The number of nitro groups is 1. The van der Waals surface area contributed by atoms with Crippen molar-refractivity contribution in [3.05, 3.63) is 39.9 Å². The Morgan fingerprint density at radius 1 is 1.21 bits per heavy atom. The second-order valence-electron chi connectivity index (χ2n) is 6.33. The monoisotopic (exact) mass is 505 g/mol. The lowest BCUT2D eigenvalue weighted by Gasteiger charge is -2.36. The van der Waals surface area contributed by atoms with E-state index in [9.17, 15) is 14.9 Å². The van der Waals surface area contributed by atoms with Crippen molar-refractivity contribution < 1.29 is 14.5 Å². The number of ether oxygens (including phenoxy) is 1. The summed E-state index contributed by atoms with van der Waals surface area (Å²) in [5, 5.41) is 14.1. The van der Waals surface area contributed by atoms with Crippen LogP contribution in [0.4, 0.5) is 5.69 Å². The predicted molar refractivity (Wildman–Crippen MR) is 118 cm³/mol. The van der Waals surface area contributed by atoms with Gasteiger partial charge in [0.1, 0.15) is 0 Å². The van der Waals surface area contributed by atoms with Crippen LogP contribution in [0.15, 0.2) is 29.3 Å². The summed E-state index contributed by atoms with van der Waals surface area (Å²) in [6.07, 6.45) is 0.862. The average Bonchev–Trinajstić information content (AvgIpc) is 2.68. The summed E-state index contributed by atoms with van der Waals surface area (Å²) in [4.78, 5) is 30.5. The number of aliphatic imine (C=N–C) groups is 1. The summed E-state index contributed by atoms with van der Waals surface area (Å²) in [6, 6.07) is 6.42. The number of methoxy groups -OCH3 is 1. The molecule has 156 valence electrons. The Morgan fingerprint density at radius 2 is 1.82 bits per heavy atom. The number of nitro benzene ring substituents is 1. The summed E-state index contributed by atoms with van der Waals surface area (Å²) in [6.45, 7) is 6.20. The number of hydrogen-bond donors (Lipinski definition) is 1. The first kappa shape index (κ1) is 24.1. The number of carbonyl (C=O) groups excluding carboxylic acids is 1. The average molecular weight is 505 g/mol.